The van der Waals surface area contributed by atoms with Crippen LogP contribution >= 0.6 is 58.0 Å². The summed E-state index contributed by atoms with van der Waals surface area (Å²) in [6, 6.07) is 3.43. The van der Waals surface area contributed by atoms with Gasteiger partial charge in [-0.25, -0.2) is 0 Å². The van der Waals surface area contributed by atoms with Gasteiger partial charge in [-0.3, -0.25) is 4.98 Å². The minimum Gasteiger partial charge on any atom is -0.495 e. The molecule has 2 aromatic rings. The van der Waals surface area contributed by atoms with Crippen LogP contribution in [-0.2, 0) is 0 Å². The van der Waals surface area contributed by atoms with Gasteiger partial charge in [-0.2, -0.15) is 0 Å². The van der Waals surface area contributed by atoms with Gasteiger partial charge in [0, 0.05) is 5.56 Å². The second kappa shape index (κ2) is 5.94. The van der Waals surface area contributed by atoms with E-state index in [-0.39, 0.29) is 25.1 Å². The van der Waals surface area contributed by atoms with E-state index in [2.05, 4.69) is 4.98 Å². The highest BCUT2D eigenvalue weighted by molar-refractivity contribution is 6.56. The summed E-state index contributed by atoms with van der Waals surface area (Å²) in [6.07, 6.45) is 1.54. The molecule has 0 saturated heterocycles. The molecule has 0 fully saturated rings. The van der Waals surface area contributed by atoms with E-state index in [0.29, 0.717) is 17.0 Å². The number of ether oxygens (including phenoxy) is 1. The topological polar surface area (TPSA) is 22.1 Å². The average molecular weight is 357 g/mol. The minimum atomic E-state index is 0.121. The van der Waals surface area contributed by atoms with Crippen LogP contribution < -0.4 is 4.74 Å². The Morgan fingerprint density at radius 3 is 1.79 bits per heavy atom. The van der Waals surface area contributed by atoms with Gasteiger partial charge in [0.1, 0.15) is 5.75 Å². The summed E-state index contributed by atoms with van der Waals surface area (Å²) < 4.78 is 5.03. The zero-order valence-corrected chi connectivity index (χ0v) is 13.3. The van der Waals surface area contributed by atoms with Gasteiger partial charge in [0.05, 0.1) is 44.1 Å². The van der Waals surface area contributed by atoms with E-state index in [4.69, 9.17) is 62.7 Å². The summed E-state index contributed by atoms with van der Waals surface area (Å²) in [5.74, 6) is 0.613. The first-order valence-corrected chi connectivity index (χ1v) is 6.88. The molecule has 1 aromatic heterocycles. The number of halogens is 5. The zero-order valence-electron chi connectivity index (χ0n) is 9.48. The largest absolute Gasteiger partial charge is 0.495 e. The highest BCUT2D eigenvalue weighted by Crippen LogP contribution is 2.47. The third kappa shape index (κ3) is 2.74. The van der Waals surface area contributed by atoms with Crippen LogP contribution in [0.5, 0.6) is 5.75 Å². The first kappa shape index (κ1) is 15.0. The van der Waals surface area contributed by atoms with Crippen molar-refractivity contribution in [2.45, 2.75) is 0 Å². The van der Waals surface area contributed by atoms with Crippen molar-refractivity contribution < 1.29 is 4.74 Å². The van der Waals surface area contributed by atoms with Gasteiger partial charge in [-0.15, -0.1) is 0 Å². The maximum Gasteiger partial charge on any atom is 0.137 e. The molecule has 0 saturated carbocycles. The van der Waals surface area contributed by atoms with Crippen molar-refractivity contribution in [3.05, 3.63) is 43.4 Å². The van der Waals surface area contributed by atoms with Gasteiger partial charge in [0.25, 0.3) is 0 Å². The van der Waals surface area contributed by atoms with Crippen molar-refractivity contribution >= 4 is 58.0 Å². The average Bonchev–Trinajstić information content (AvgIpc) is 2.44. The number of methoxy groups -OCH3 is 1. The molecule has 0 radical (unpaired) electrons. The molecule has 2 rings (SSSR count). The Morgan fingerprint density at radius 2 is 1.37 bits per heavy atom. The predicted molar refractivity (Wildman–Crippen MR) is 81.3 cm³/mol. The van der Waals surface area contributed by atoms with Gasteiger partial charge in [-0.1, -0.05) is 58.0 Å². The van der Waals surface area contributed by atoms with Crippen molar-refractivity contribution in [3.63, 3.8) is 0 Å². The number of benzene rings is 1. The number of hydrogen-bond acceptors (Lipinski definition) is 2. The summed E-state index contributed by atoms with van der Waals surface area (Å²) in [4.78, 5) is 4.20. The van der Waals surface area contributed by atoms with Crippen molar-refractivity contribution in [2.24, 2.45) is 0 Å². The second-order valence-corrected chi connectivity index (χ2v) is 5.42. The third-order valence-electron chi connectivity index (χ3n) is 2.44. The molecule has 0 aliphatic carbocycles. The van der Waals surface area contributed by atoms with Gasteiger partial charge < -0.3 is 4.74 Å². The van der Waals surface area contributed by atoms with Crippen molar-refractivity contribution in [3.8, 4) is 17.0 Å². The SMILES string of the molecule is COc1ccc(-c2c(Cl)c(Cl)c(Cl)c(Cl)c2Cl)nc1. The molecular formula is C12H6Cl5NO. The van der Waals surface area contributed by atoms with Gasteiger partial charge in [0.15, 0.2) is 0 Å². The van der Waals surface area contributed by atoms with Crippen LogP contribution in [0.15, 0.2) is 18.3 Å². The first-order valence-electron chi connectivity index (χ1n) is 4.99. The molecule has 1 heterocycles. The summed E-state index contributed by atoms with van der Waals surface area (Å²) in [7, 11) is 1.55. The molecule has 0 aliphatic heterocycles. The lowest BCUT2D eigenvalue weighted by Gasteiger charge is -2.12. The van der Waals surface area contributed by atoms with Crippen LogP contribution in [0.2, 0.25) is 25.1 Å². The van der Waals surface area contributed by atoms with Crippen LogP contribution in [0.25, 0.3) is 11.3 Å². The molecule has 1 aromatic carbocycles. The molecule has 2 nitrogen and oxygen atoms in total. The van der Waals surface area contributed by atoms with E-state index in [0.717, 1.165) is 0 Å². The van der Waals surface area contributed by atoms with Crippen molar-refractivity contribution in [1.29, 1.82) is 0 Å². The fraction of sp³-hybridized carbons (Fsp3) is 0.0833. The van der Waals surface area contributed by atoms with Crippen LogP contribution in [0.3, 0.4) is 0 Å². The third-order valence-corrected chi connectivity index (χ3v) is 4.71. The van der Waals surface area contributed by atoms with E-state index in [9.17, 15) is 0 Å². The molecule has 0 spiro atoms. The van der Waals surface area contributed by atoms with Gasteiger partial charge in [-0.05, 0) is 12.1 Å². The minimum absolute atomic E-state index is 0.121. The smallest absolute Gasteiger partial charge is 0.137 e. The standard InChI is InChI=1S/C12H6Cl5NO/c1-19-5-2-3-6(18-4-5)7-8(13)10(15)12(17)11(16)9(7)14/h2-4H,1H3. The lowest BCUT2D eigenvalue weighted by molar-refractivity contribution is 0.413. The van der Waals surface area contributed by atoms with E-state index >= 15 is 0 Å². The van der Waals surface area contributed by atoms with Gasteiger partial charge >= 0.3 is 0 Å². The summed E-state index contributed by atoms with van der Waals surface area (Å²) >= 11 is 30.2. The van der Waals surface area contributed by atoms with E-state index in [1.54, 1.807) is 25.4 Å². The maximum absolute atomic E-state index is 6.15. The summed E-state index contributed by atoms with van der Waals surface area (Å²) in [6.45, 7) is 0. The molecular weight excluding hydrogens is 351 g/mol. The lowest BCUT2D eigenvalue weighted by Crippen LogP contribution is -1.90. The Labute approximate surface area is 135 Å². The quantitative estimate of drug-likeness (QED) is 0.484. The fourth-order valence-electron chi connectivity index (χ4n) is 1.48. The molecule has 0 atom stereocenters. The molecule has 19 heavy (non-hydrogen) atoms. The van der Waals surface area contributed by atoms with Crippen LogP contribution in [0, 0.1) is 0 Å². The molecule has 0 aliphatic rings. The normalized spacial score (nSPS) is 10.6. The number of hydrogen-bond donors (Lipinski definition) is 0. The van der Waals surface area contributed by atoms with Crippen molar-refractivity contribution in [1.82, 2.24) is 4.98 Å². The number of nitrogens with zero attached hydrogens (tertiary/aromatic N) is 1. The van der Waals surface area contributed by atoms with E-state index in [1.165, 1.54) is 0 Å². The Kier molecular flexibility index (Phi) is 4.70. The lowest BCUT2D eigenvalue weighted by atomic mass is 10.1. The van der Waals surface area contributed by atoms with Crippen LogP contribution in [0.4, 0.5) is 0 Å². The molecule has 0 bridgehead atoms. The number of aromatic nitrogens is 1. The zero-order chi connectivity index (χ0) is 14.2. The van der Waals surface area contributed by atoms with Crippen LogP contribution in [-0.4, -0.2) is 12.1 Å². The predicted octanol–water partition coefficient (Wildman–Crippen LogP) is 6.02. The Hall–Kier alpha value is -0.380. The number of rotatable bonds is 2. The van der Waals surface area contributed by atoms with Gasteiger partial charge in [0.2, 0.25) is 0 Å². The molecule has 0 unspecified atom stereocenters. The monoisotopic (exact) mass is 355 g/mol. The van der Waals surface area contributed by atoms with Crippen LogP contribution in [0.1, 0.15) is 0 Å². The maximum atomic E-state index is 6.15. The Morgan fingerprint density at radius 1 is 0.842 bits per heavy atom. The number of pyridine rings is 1. The molecule has 7 heteroatoms. The molecule has 100 valence electrons. The highest BCUT2D eigenvalue weighted by atomic mass is 35.5. The van der Waals surface area contributed by atoms with E-state index < -0.39 is 0 Å². The second-order valence-electron chi connectivity index (χ2n) is 3.53. The van der Waals surface area contributed by atoms with E-state index in [1.807, 2.05) is 0 Å². The first-order chi connectivity index (χ1) is 8.97. The molecule has 0 N–H and O–H groups in total. The Bertz CT molecular complexity index is 598. The van der Waals surface area contributed by atoms with Crippen molar-refractivity contribution in [2.75, 3.05) is 7.11 Å². The Balaban J connectivity index is 2.67. The summed E-state index contributed by atoms with van der Waals surface area (Å²) in [5, 5.41) is 0.823. The molecule has 0 amide bonds. The summed E-state index contributed by atoms with van der Waals surface area (Å²) in [5.41, 5.74) is 0.960. The highest BCUT2D eigenvalue weighted by Gasteiger charge is 2.21. The fourth-order valence-corrected chi connectivity index (χ4v) is 2.81.